The van der Waals surface area contributed by atoms with Gasteiger partial charge in [0.05, 0.1) is 6.04 Å². The molecule has 0 heterocycles. The Morgan fingerprint density at radius 3 is 2.59 bits per heavy atom. The Bertz CT molecular complexity index is 516. The second-order valence-corrected chi connectivity index (χ2v) is 4.54. The number of hydrazine groups is 1. The van der Waals surface area contributed by atoms with Crippen LogP contribution in [0.3, 0.4) is 0 Å². The number of nitrogens with two attached hydrogens (primary N) is 2. The number of guanidine groups is 1. The number of carbonyl (C=O) groups excluding carboxylic acids is 1. The monoisotopic (exact) mass is 308 g/mol. The number of nitro groups is 1. The number of hydrogen-bond acceptors (Lipinski definition) is 6. The Morgan fingerprint density at radius 2 is 2.00 bits per heavy atom. The highest BCUT2D eigenvalue weighted by atomic mass is 16.6. The fourth-order valence-corrected chi connectivity index (χ4v) is 1.81. The minimum Gasteiger partial charge on any atom is -0.370 e. The van der Waals surface area contributed by atoms with E-state index < -0.39 is 17.6 Å². The minimum absolute atomic E-state index is 0.00892. The number of nitrogens with one attached hydrogen (secondary N) is 2. The molecule has 0 saturated heterocycles. The van der Waals surface area contributed by atoms with Crippen molar-refractivity contribution in [3.63, 3.8) is 0 Å². The van der Waals surface area contributed by atoms with Crippen LogP contribution in [0.15, 0.2) is 35.3 Å². The summed E-state index contributed by atoms with van der Waals surface area (Å²) in [7, 11) is 0. The molecule has 0 fully saturated rings. The van der Waals surface area contributed by atoms with Gasteiger partial charge in [-0.2, -0.15) is 5.43 Å². The summed E-state index contributed by atoms with van der Waals surface area (Å²) in [6.07, 6.45) is 1.00. The first-order valence-corrected chi connectivity index (χ1v) is 6.75. The van der Waals surface area contributed by atoms with Gasteiger partial charge in [0, 0.05) is 17.0 Å². The number of nitrogens with zero attached hydrogens (tertiary/aromatic N) is 2. The molecule has 1 rings (SSSR count). The van der Waals surface area contributed by atoms with Crippen molar-refractivity contribution in [2.24, 2.45) is 16.5 Å². The SMILES string of the molecule is NC(N)=NCCC[C@H](NNC[N+](=O)[O-])C(=O)c1ccccc1. The highest BCUT2D eigenvalue weighted by molar-refractivity contribution is 6.00. The van der Waals surface area contributed by atoms with Gasteiger partial charge in [0.1, 0.15) is 0 Å². The Labute approximate surface area is 127 Å². The highest BCUT2D eigenvalue weighted by Crippen LogP contribution is 2.07. The molecule has 1 aromatic carbocycles. The summed E-state index contributed by atoms with van der Waals surface area (Å²) in [5.41, 5.74) is 16.1. The van der Waals surface area contributed by atoms with Crippen LogP contribution in [0, 0.1) is 10.1 Å². The molecule has 6 N–H and O–H groups in total. The second-order valence-electron chi connectivity index (χ2n) is 4.54. The van der Waals surface area contributed by atoms with Crippen molar-refractivity contribution in [1.29, 1.82) is 0 Å². The first-order valence-electron chi connectivity index (χ1n) is 6.75. The van der Waals surface area contributed by atoms with E-state index >= 15 is 0 Å². The zero-order valence-corrected chi connectivity index (χ0v) is 12.1. The molecule has 0 saturated carbocycles. The van der Waals surface area contributed by atoms with E-state index in [4.69, 9.17) is 11.5 Å². The summed E-state index contributed by atoms with van der Waals surface area (Å²) in [5.74, 6) is -0.161. The van der Waals surface area contributed by atoms with Crippen molar-refractivity contribution in [3.8, 4) is 0 Å². The van der Waals surface area contributed by atoms with E-state index in [2.05, 4.69) is 15.8 Å². The van der Waals surface area contributed by atoms with E-state index in [9.17, 15) is 14.9 Å². The average Bonchev–Trinajstić information content (AvgIpc) is 2.49. The van der Waals surface area contributed by atoms with Crippen LogP contribution < -0.4 is 22.3 Å². The molecule has 0 spiro atoms. The van der Waals surface area contributed by atoms with E-state index in [1.165, 1.54) is 0 Å². The highest BCUT2D eigenvalue weighted by Gasteiger charge is 2.19. The molecule has 0 aliphatic rings. The molecule has 0 bridgehead atoms. The maximum atomic E-state index is 12.4. The van der Waals surface area contributed by atoms with E-state index in [1.54, 1.807) is 24.3 Å². The average molecular weight is 308 g/mol. The summed E-state index contributed by atoms with van der Waals surface area (Å²) < 4.78 is 0. The third-order valence-corrected chi connectivity index (χ3v) is 2.80. The van der Waals surface area contributed by atoms with Gasteiger partial charge in [0.25, 0.3) is 6.67 Å². The Morgan fingerprint density at radius 1 is 1.32 bits per heavy atom. The molecule has 0 aromatic heterocycles. The molecule has 0 radical (unpaired) electrons. The van der Waals surface area contributed by atoms with Gasteiger partial charge in [0.15, 0.2) is 11.7 Å². The van der Waals surface area contributed by atoms with Gasteiger partial charge in [-0.1, -0.05) is 30.3 Å². The molecule has 120 valence electrons. The predicted molar refractivity (Wildman–Crippen MR) is 82.6 cm³/mol. The fourth-order valence-electron chi connectivity index (χ4n) is 1.81. The van der Waals surface area contributed by atoms with Gasteiger partial charge in [0.2, 0.25) is 0 Å². The van der Waals surface area contributed by atoms with Crippen LogP contribution in [0.2, 0.25) is 0 Å². The molecule has 0 unspecified atom stereocenters. The van der Waals surface area contributed by atoms with E-state index in [1.807, 2.05) is 6.07 Å². The lowest BCUT2D eigenvalue weighted by molar-refractivity contribution is -0.487. The lowest BCUT2D eigenvalue weighted by atomic mass is 10.0. The molecule has 1 aromatic rings. The number of carbonyl (C=O) groups is 1. The summed E-state index contributed by atoms with van der Waals surface area (Å²) >= 11 is 0. The van der Waals surface area contributed by atoms with Crippen molar-refractivity contribution in [2.45, 2.75) is 18.9 Å². The van der Waals surface area contributed by atoms with Crippen LogP contribution in [0.4, 0.5) is 0 Å². The molecular weight excluding hydrogens is 288 g/mol. The topological polar surface area (TPSA) is 149 Å². The first kappa shape index (κ1) is 17.5. The van der Waals surface area contributed by atoms with E-state index in [0.29, 0.717) is 24.9 Å². The van der Waals surface area contributed by atoms with Gasteiger partial charge in [-0.15, -0.1) is 0 Å². The van der Waals surface area contributed by atoms with Crippen LogP contribution in [0.1, 0.15) is 23.2 Å². The molecule has 9 nitrogen and oxygen atoms in total. The number of hydrogen-bond donors (Lipinski definition) is 4. The van der Waals surface area contributed by atoms with Crippen molar-refractivity contribution in [1.82, 2.24) is 10.9 Å². The molecule has 9 heteroatoms. The van der Waals surface area contributed by atoms with Crippen molar-refractivity contribution >= 4 is 11.7 Å². The number of rotatable bonds is 10. The van der Waals surface area contributed by atoms with Gasteiger partial charge in [-0.05, 0) is 12.8 Å². The Hall–Kier alpha value is -2.52. The maximum Gasteiger partial charge on any atom is 0.268 e. The van der Waals surface area contributed by atoms with Crippen molar-refractivity contribution in [3.05, 3.63) is 46.0 Å². The summed E-state index contributed by atoms with van der Waals surface area (Å²) in [4.78, 5) is 26.0. The zero-order valence-electron chi connectivity index (χ0n) is 12.1. The third kappa shape index (κ3) is 6.77. The quantitative estimate of drug-likeness (QED) is 0.0875. The smallest absolute Gasteiger partial charge is 0.268 e. The van der Waals surface area contributed by atoms with Gasteiger partial charge in [-0.25, -0.2) is 5.43 Å². The molecule has 0 amide bonds. The largest absolute Gasteiger partial charge is 0.370 e. The Balaban J connectivity index is 2.62. The predicted octanol–water partition coefficient (Wildman–Crippen LogP) is -0.380. The van der Waals surface area contributed by atoms with E-state index in [0.717, 1.165) is 0 Å². The number of benzene rings is 1. The number of ketones is 1. The number of aliphatic imine (C=N–C) groups is 1. The molecule has 22 heavy (non-hydrogen) atoms. The van der Waals surface area contributed by atoms with Crippen molar-refractivity contribution < 1.29 is 9.72 Å². The standard InChI is InChI=1S/C13H20N6O3/c14-13(15)16-8-4-7-11(18-17-9-19(21)22)12(20)10-5-2-1-3-6-10/h1-3,5-6,11,17-18H,4,7-9H2,(H4,14,15,16)/t11-/m0/s1. The fraction of sp³-hybridized carbons (Fsp3) is 0.385. The van der Waals surface area contributed by atoms with Crippen molar-refractivity contribution in [2.75, 3.05) is 13.2 Å². The zero-order chi connectivity index (χ0) is 16.4. The van der Waals surface area contributed by atoms with Crippen LogP contribution in [-0.4, -0.2) is 35.9 Å². The molecule has 0 aliphatic carbocycles. The Kier molecular flexibility index (Phi) is 7.51. The normalized spacial score (nSPS) is 11.6. The minimum atomic E-state index is -0.600. The van der Waals surface area contributed by atoms with Crippen LogP contribution in [0.25, 0.3) is 0 Å². The van der Waals surface area contributed by atoms with Gasteiger partial charge >= 0.3 is 0 Å². The second kappa shape index (κ2) is 9.42. The molecule has 1 atom stereocenters. The number of Topliss-reactive ketones (excluding diaryl/α,β-unsaturated/α-hetero) is 1. The summed E-state index contributed by atoms with van der Waals surface area (Å²) in [6, 6.07) is 8.11. The van der Waals surface area contributed by atoms with Gasteiger partial charge < -0.3 is 11.5 Å². The van der Waals surface area contributed by atoms with Crippen LogP contribution in [0.5, 0.6) is 0 Å². The summed E-state index contributed by atoms with van der Waals surface area (Å²) in [5, 5.41) is 10.3. The van der Waals surface area contributed by atoms with E-state index in [-0.39, 0.29) is 11.7 Å². The van der Waals surface area contributed by atoms with Crippen LogP contribution in [-0.2, 0) is 0 Å². The summed E-state index contributed by atoms with van der Waals surface area (Å²) in [6.45, 7) is -0.0930. The first-order chi connectivity index (χ1) is 10.5. The lowest BCUT2D eigenvalue weighted by Crippen LogP contribution is -2.47. The van der Waals surface area contributed by atoms with Crippen LogP contribution >= 0.6 is 0 Å². The maximum absolute atomic E-state index is 12.4. The molecular formula is C13H20N6O3. The molecule has 0 aliphatic heterocycles. The third-order valence-electron chi connectivity index (χ3n) is 2.80. The van der Waals surface area contributed by atoms with Gasteiger partial charge in [-0.3, -0.25) is 19.9 Å². The lowest BCUT2D eigenvalue weighted by Gasteiger charge is -2.16.